The highest BCUT2D eigenvalue weighted by Gasteiger charge is 2.20. The van der Waals surface area contributed by atoms with Crippen molar-refractivity contribution in [2.75, 3.05) is 20.3 Å². The van der Waals surface area contributed by atoms with Crippen molar-refractivity contribution >= 4 is 27.9 Å². The number of fused-ring (bicyclic) bond motifs is 1. The van der Waals surface area contributed by atoms with Gasteiger partial charge in [-0.1, -0.05) is 28.1 Å². The molecule has 2 aromatic rings. The van der Waals surface area contributed by atoms with E-state index in [0.717, 1.165) is 10.0 Å². The van der Waals surface area contributed by atoms with Gasteiger partial charge < -0.3 is 18.9 Å². The number of halogens is 1. The maximum absolute atomic E-state index is 12.4. The quantitative estimate of drug-likeness (QED) is 0.724. The first-order valence-corrected chi connectivity index (χ1v) is 8.32. The van der Waals surface area contributed by atoms with Gasteiger partial charge in [-0.05, 0) is 24.3 Å². The van der Waals surface area contributed by atoms with E-state index < -0.39 is 11.9 Å². The summed E-state index contributed by atoms with van der Waals surface area (Å²) in [4.78, 5) is 24.1. The molecule has 1 aliphatic heterocycles. The number of carbonyl (C=O) groups is 2. The van der Waals surface area contributed by atoms with Crippen LogP contribution in [0.3, 0.4) is 0 Å². The number of ether oxygens (including phenoxy) is 4. The number of rotatable bonds is 4. The van der Waals surface area contributed by atoms with E-state index >= 15 is 0 Å². The van der Waals surface area contributed by atoms with E-state index in [1.54, 1.807) is 24.3 Å². The van der Waals surface area contributed by atoms with E-state index in [0.29, 0.717) is 24.7 Å². The third kappa shape index (κ3) is 3.76. The Morgan fingerprint density at radius 1 is 1.04 bits per heavy atom. The molecule has 3 rings (SSSR count). The molecule has 1 aliphatic rings. The fourth-order valence-electron chi connectivity index (χ4n) is 2.39. The second-order valence-corrected chi connectivity index (χ2v) is 6.05. The van der Waals surface area contributed by atoms with Crippen LogP contribution in [0, 0.1) is 0 Å². The Hall–Kier alpha value is -2.54. The molecule has 0 atom stereocenters. The molecule has 7 heteroatoms. The van der Waals surface area contributed by atoms with Gasteiger partial charge in [0.05, 0.1) is 18.2 Å². The number of carbonyl (C=O) groups excluding carboxylic acids is 2. The van der Waals surface area contributed by atoms with E-state index in [-0.39, 0.29) is 17.7 Å². The zero-order valence-electron chi connectivity index (χ0n) is 13.4. The minimum absolute atomic E-state index is 0.0194. The van der Waals surface area contributed by atoms with Crippen molar-refractivity contribution in [1.82, 2.24) is 0 Å². The Morgan fingerprint density at radius 3 is 2.28 bits per heavy atom. The van der Waals surface area contributed by atoms with Crippen molar-refractivity contribution in [3.8, 4) is 11.5 Å². The van der Waals surface area contributed by atoms with Gasteiger partial charge in [0.25, 0.3) is 0 Å². The predicted molar refractivity (Wildman–Crippen MR) is 92.0 cm³/mol. The van der Waals surface area contributed by atoms with Crippen LogP contribution in [-0.4, -0.2) is 32.3 Å². The topological polar surface area (TPSA) is 71.1 Å². The van der Waals surface area contributed by atoms with Crippen molar-refractivity contribution in [2.45, 2.75) is 6.61 Å². The first-order chi connectivity index (χ1) is 12.1. The van der Waals surface area contributed by atoms with Crippen molar-refractivity contribution < 1.29 is 28.5 Å². The van der Waals surface area contributed by atoms with Gasteiger partial charge >= 0.3 is 11.9 Å². The van der Waals surface area contributed by atoms with Crippen LogP contribution in [0.5, 0.6) is 11.5 Å². The molecule has 0 N–H and O–H groups in total. The van der Waals surface area contributed by atoms with Crippen molar-refractivity contribution in [2.24, 2.45) is 0 Å². The highest BCUT2D eigenvalue weighted by molar-refractivity contribution is 9.10. The smallest absolute Gasteiger partial charge is 0.339 e. The minimum atomic E-state index is -0.609. The lowest BCUT2D eigenvalue weighted by atomic mass is 10.1. The first kappa shape index (κ1) is 17.3. The Balaban J connectivity index is 1.76. The molecule has 6 nitrogen and oxygen atoms in total. The van der Waals surface area contributed by atoms with Crippen molar-refractivity contribution in [3.63, 3.8) is 0 Å². The normalized spacial score (nSPS) is 12.4. The monoisotopic (exact) mass is 406 g/mol. The van der Waals surface area contributed by atoms with Gasteiger partial charge in [-0.15, -0.1) is 0 Å². The Morgan fingerprint density at radius 2 is 1.64 bits per heavy atom. The van der Waals surface area contributed by atoms with Gasteiger partial charge in [0.15, 0.2) is 11.5 Å². The van der Waals surface area contributed by atoms with E-state index in [2.05, 4.69) is 20.7 Å². The molecular formula is C18H15BrO6. The van der Waals surface area contributed by atoms with Gasteiger partial charge in [-0.25, -0.2) is 9.59 Å². The van der Waals surface area contributed by atoms with Gasteiger partial charge in [0.1, 0.15) is 19.8 Å². The summed E-state index contributed by atoms with van der Waals surface area (Å²) in [5, 5.41) is 0. The van der Waals surface area contributed by atoms with Crippen molar-refractivity contribution in [1.29, 1.82) is 0 Å². The number of hydrogen-bond acceptors (Lipinski definition) is 6. The summed E-state index contributed by atoms with van der Waals surface area (Å²) in [6, 6.07) is 9.89. The van der Waals surface area contributed by atoms with Crippen LogP contribution in [-0.2, 0) is 16.1 Å². The van der Waals surface area contributed by atoms with Crippen LogP contribution < -0.4 is 9.47 Å². The lowest BCUT2D eigenvalue weighted by Crippen LogP contribution is -2.16. The minimum Gasteiger partial charge on any atom is -0.486 e. The second-order valence-electron chi connectivity index (χ2n) is 5.20. The highest BCUT2D eigenvalue weighted by atomic mass is 79.9. The average Bonchev–Trinajstić information content (AvgIpc) is 2.65. The third-order valence-corrected chi connectivity index (χ3v) is 4.36. The molecule has 0 bridgehead atoms. The number of hydrogen-bond donors (Lipinski definition) is 0. The van der Waals surface area contributed by atoms with Crippen molar-refractivity contribution in [3.05, 3.63) is 57.6 Å². The molecule has 1 heterocycles. The SMILES string of the molecule is COC(=O)c1ccccc1C(=O)OCc1cc2c(cc1Br)OCCO2. The van der Waals surface area contributed by atoms with Gasteiger partial charge in [-0.2, -0.15) is 0 Å². The maximum atomic E-state index is 12.4. The molecule has 0 saturated heterocycles. The maximum Gasteiger partial charge on any atom is 0.339 e. The molecule has 25 heavy (non-hydrogen) atoms. The molecule has 0 spiro atoms. The molecule has 0 aromatic heterocycles. The Labute approximate surface area is 152 Å². The molecule has 0 fully saturated rings. The predicted octanol–water partition coefficient (Wildman–Crippen LogP) is 3.36. The standard InChI is InChI=1S/C18H15BrO6/c1-22-17(20)12-4-2-3-5-13(12)18(21)25-10-11-8-15-16(9-14(11)19)24-7-6-23-15/h2-5,8-9H,6-7,10H2,1H3. The largest absolute Gasteiger partial charge is 0.486 e. The molecule has 0 radical (unpaired) electrons. The lowest BCUT2D eigenvalue weighted by molar-refractivity contribution is 0.0456. The number of methoxy groups -OCH3 is 1. The van der Waals surface area contributed by atoms with Crippen LogP contribution in [0.1, 0.15) is 26.3 Å². The molecule has 0 unspecified atom stereocenters. The first-order valence-electron chi connectivity index (χ1n) is 7.52. The van der Waals surface area contributed by atoms with E-state index in [9.17, 15) is 9.59 Å². The third-order valence-electron chi connectivity index (χ3n) is 3.62. The van der Waals surface area contributed by atoms with Crippen LogP contribution in [0.15, 0.2) is 40.9 Å². The number of benzene rings is 2. The molecular weight excluding hydrogens is 392 g/mol. The summed E-state index contributed by atoms with van der Waals surface area (Å²) in [5.74, 6) is 0.0514. The molecule has 130 valence electrons. The summed E-state index contributed by atoms with van der Waals surface area (Å²) in [6.45, 7) is 0.990. The molecule has 0 saturated carbocycles. The average molecular weight is 407 g/mol. The van der Waals surface area contributed by atoms with Gasteiger partial charge in [0.2, 0.25) is 0 Å². The summed E-state index contributed by atoms with van der Waals surface area (Å²) in [5.41, 5.74) is 1.05. The highest BCUT2D eigenvalue weighted by Crippen LogP contribution is 2.35. The molecule has 0 amide bonds. The fourth-order valence-corrected chi connectivity index (χ4v) is 2.82. The fraction of sp³-hybridized carbons (Fsp3) is 0.222. The van der Waals surface area contributed by atoms with E-state index in [1.165, 1.54) is 19.2 Å². The number of esters is 2. The molecule has 2 aromatic carbocycles. The summed E-state index contributed by atoms with van der Waals surface area (Å²) < 4.78 is 21.8. The van der Waals surface area contributed by atoms with Crippen LogP contribution in [0.25, 0.3) is 0 Å². The zero-order chi connectivity index (χ0) is 17.8. The lowest BCUT2D eigenvalue weighted by Gasteiger charge is -2.20. The zero-order valence-corrected chi connectivity index (χ0v) is 15.0. The van der Waals surface area contributed by atoms with E-state index in [1.807, 2.05) is 0 Å². The summed E-state index contributed by atoms with van der Waals surface area (Å²) >= 11 is 3.43. The van der Waals surface area contributed by atoms with Gasteiger partial charge in [0, 0.05) is 10.0 Å². The summed E-state index contributed by atoms with van der Waals surface area (Å²) in [7, 11) is 1.26. The van der Waals surface area contributed by atoms with Gasteiger partial charge in [-0.3, -0.25) is 0 Å². The Kier molecular flexibility index (Phi) is 5.23. The Bertz CT molecular complexity index is 817. The molecule has 0 aliphatic carbocycles. The van der Waals surface area contributed by atoms with E-state index in [4.69, 9.17) is 14.2 Å². The van der Waals surface area contributed by atoms with Crippen LogP contribution in [0.2, 0.25) is 0 Å². The second kappa shape index (κ2) is 7.57. The van der Waals surface area contributed by atoms with Crippen LogP contribution in [0.4, 0.5) is 0 Å². The van der Waals surface area contributed by atoms with Crippen LogP contribution >= 0.6 is 15.9 Å². The summed E-state index contributed by atoms with van der Waals surface area (Å²) in [6.07, 6.45) is 0.